The van der Waals surface area contributed by atoms with Gasteiger partial charge >= 0.3 is 0 Å². The Hall–Kier alpha value is -1.87. The van der Waals surface area contributed by atoms with Gasteiger partial charge in [0.2, 0.25) is 0 Å². The molecule has 0 spiro atoms. The van der Waals surface area contributed by atoms with Gasteiger partial charge in [-0.2, -0.15) is 0 Å². The number of benzene rings is 2. The van der Waals surface area contributed by atoms with Crippen LogP contribution >= 0.6 is 0 Å². The van der Waals surface area contributed by atoms with E-state index in [1.54, 1.807) is 12.1 Å². The molecule has 110 valence electrons. The second-order valence-corrected chi connectivity index (χ2v) is 5.46. The number of hydrogen-bond acceptors (Lipinski definition) is 2. The fraction of sp³-hybridized carbons (Fsp3) is 0.333. The van der Waals surface area contributed by atoms with E-state index in [9.17, 15) is 4.39 Å². The minimum absolute atomic E-state index is 0.118. The van der Waals surface area contributed by atoms with Gasteiger partial charge in [-0.3, -0.25) is 0 Å². The van der Waals surface area contributed by atoms with Crippen LogP contribution in [-0.2, 0) is 19.5 Å². The van der Waals surface area contributed by atoms with Gasteiger partial charge in [0.15, 0.2) is 0 Å². The number of hydrogen-bond donors (Lipinski definition) is 1. The van der Waals surface area contributed by atoms with Crippen molar-refractivity contribution in [2.24, 2.45) is 0 Å². The van der Waals surface area contributed by atoms with Crippen LogP contribution in [0.4, 0.5) is 10.1 Å². The van der Waals surface area contributed by atoms with E-state index in [-0.39, 0.29) is 5.82 Å². The molecule has 0 bridgehead atoms. The van der Waals surface area contributed by atoms with E-state index in [0.29, 0.717) is 6.54 Å². The molecule has 1 aliphatic heterocycles. The molecule has 3 rings (SSSR count). The fourth-order valence-corrected chi connectivity index (χ4v) is 2.97. The average molecular weight is 284 g/mol. The minimum Gasteiger partial charge on any atom is -0.367 e. The van der Waals surface area contributed by atoms with Crippen LogP contribution in [-0.4, -0.2) is 13.1 Å². The van der Waals surface area contributed by atoms with Gasteiger partial charge in [-0.05, 0) is 36.2 Å². The second kappa shape index (κ2) is 6.27. The molecule has 1 aliphatic rings. The van der Waals surface area contributed by atoms with Crippen molar-refractivity contribution in [1.29, 1.82) is 0 Å². The molecule has 21 heavy (non-hydrogen) atoms. The predicted molar refractivity (Wildman–Crippen MR) is 85.0 cm³/mol. The van der Waals surface area contributed by atoms with Crippen molar-refractivity contribution >= 4 is 5.69 Å². The molecule has 2 aromatic rings. The van der Waals surface area contributed by atoms with Gasteiger partial charge in [0.1, 0.15) is 5.82 Å². The van der Waals surface area contributed by atoms with Crippen LogP contribution in [0.15, 0.2) is 42.5 Å². The highest BCUT2D eigenvalue weighted by atomic mass is 19.1. The number of nitrogens with one attached hydrogen (secondary N) is 1. The summed E-state index contributed by atoms with van der Waals surface area (Å²) >= 11 is 0. The summed E-state index contributed by atoms with van der Waals surface area (Å²) in [5, 5.41) is 3.24. The summed E-state index contributed by atoms with van der Waals surface area (Å²) in [5.74, 6) is -0.118. The van der Waals surface area contributed by atoms with E-state index in [1.807, 2.05) is 13.0 Å². The second-order valence-electron chi connectivity index (χ2n) is 5.46. The van der Waals surface area contributed by atoms with Gasteiger partial charge in [0.25, 0.3) is 0 Å². The van der Waals surface area contributed by atoms with Crippen LogP contribution in [0.5, 0.6) is 0 Å². The molecular formula is C18H21FN2. The Bertz CT molecular complexity index is 624. The largest absolute Gasteiger partial charge is 0.367 e. The third-order valence-corrected chi connectivity index (χ3v) is 4.12. The van der Waals surface area contributed by atoms with E-state index in [4.69, 9.17) is 0 Å². The summed E-state index contributed by atoms with van der Waals surface area (Å²) < 4.78 is 14.2. The van der Waals surface area contributed by atoms with Crippen LogP contribution in [0.25, 0.3) is 0 Å². The lowest BCUT2D eigenvalue weighted by molar-refractivity contribution is 0.589. The number of rotatable bonds is 4. The van der Waals surface area contributed by atoms with Crippen molar-refractivity contribution in [1.82, 2.24) is 5.32 Å². The number of anilines is 1. The molecule has 0 saturated heterocycles. The maximum atomic E-state index is 14.2. The van der Waals surface area contributed by atoms with Crippen molar-refractivity contribution in [3.63, 3.8) is 0 Å². The van der Waals surface area contributed by atoms with E-state index < -0.39 is 0 Å². The molecule has 3 heteroatoms. The molecule has 0 radical (unpaired) electrons. The Labute approximate surface area is 125 Å². The Kier molecular flexibility index (Phi) is 4.20. The lowest BCUT2D eigenvalue weighted by atomic mass is 9.98. The normalized spacial score (nSPS) is 14.1. The summed E-state index contributed by atoms with van der Waals surface area (Å²) in [5.41, 5.74) is 4.56. The molecule has 0 atom stereocenters. The molecule has 0 unspecified atom stereocenters. The van der Waals surface area contributed by atoms with E-state index >= 15 is 0 Å². The minimum atomic E-state index is -0.118. The topological polar surface area (TPSA) is 15.3 Å². The Morgan fingerprint density at radius 3 is 2.71 bits per heavy atom. The number of halogens is 1. The zero-order chi connectivity index (χ0) is 14.7. The third kappa shape index (κ3) is 2.93. The highest BCUT2D eigenvalue weighted by Crippen LogP contribution is 2.28. The highest BCUT2D eigenvalue weighted by Gasteiger charge is 2.19. The summed E-state index contributed by atoms with van der Waals surface area (Å²) in [6.45, 7) is 5.27. The molecule has 0 aliphatic carbocycles. The molecule has 0 amide bonds. The molecule has 0 fully saturated rings. The SMILES string of the molecule is CCNCc1c(F)cccc1N1CCc2ccccc2C1. The quantitative estimate of drug-likeness (QED) is 0.924. The molecular weight excluding hydrogens is 263 g/mol. The third-order valence-electron chi connectivity index (χ3n) is 4.12. The first-order chi connectivity index (χ1) is 10.3. The van der Waals surface area contributed by atoms with E-state index in [1.165, 1.54) is 11.1 Å². The van der Waals surface area contributed by atoms with Gasteiger partial charge in [-0.1, -0.05) is 37.3 Å². The maximum Gasteiger partial charge on any atom is 0.129 e. The van der Waals surface area contributed by atoms with Gasteiger partial charge in [0.05, 0.1) is 0 Å². The molecule has 1 N–H and O–H groups in total. The standard InChI is InChI=1S/C18H21FN2/c1-2-20-12-16-17(19)8-5-9-18(16)21-11-10-14-6-3-4-7-15(14)13-21/h3-9,20H,2,10-13H2,1H3. The first-order valence-electron chi connectivity index (χ1n) is 7.59. The first kappa shape index (κ1) is 14.1. The first-order valence-corrected chi connectivity index (χ1v) is 7.59. The van der Waals surface area contributed by atoms with Crippen LogP contribution in [0.1, 0.15) is 23.6 Å². The smallest absolute Gasteiger partial charge is 0.129 e. The Balaban J connectivity index is 1.89. The Morgan fingerprint density at radius 2 is 1.90 bits per heavy atom. The van der Waals surface area contributed by atoms with Crippen molar-refractivity contribution < 1.29 is 4.39 Å². The van der Waals surface area contributed by atoms with Crippen LogP contribution in [0.3, 0.4) is 0 Å². The van der Waals surface area contributed by atoms with Gasteiger partial charge in [0, 0.05) is 30.9 Å². The summed E-state index contributed by atoms with van der Waals surface area (Å²) in [4.78, 5) is 2.29. The number of fused-ring (bicyclic) bond motifs is 1. The van der Waals surface area contributed by atoms with Gasteiger partial charge in [-0.25, -0.2) is 4.39 Å². The zero-order valence-corrected chi connectivity index (χ0v) is 12.4. The van der Waals surface area contributed by atoms with Crippen LogP contribution in [0, 0.1) is 5.82 Å². The summed E-state index contributed by atoms with van der Waals surface area (Å²) in [7, 11) is 0. The monoisotopic (exact) mass is 284 g/mol. The van der Waals surface area contributed by atoms with Crippen LogP contribution < -0.4 is 10.2 Å². The van der Waals surface area contributed by atoms with Crippen molar-refractivity contribution in [2.75, 3.05) is 18.0 Å². The fourth-order valence-electron chi connectivity index (χ4n) is 2.97. The lowest BCUT2D eigenvalue weighted by Gasteiger charge is -2.32. The van der Waals surface area contributed by atoms with Crippen molar-refractivity contribution in [3.8, 4) is 0 Å². The maximum absolute atomic E-state index is 14.2. The lowest BCUT2D eigenvalue weighted by Crippen LogP contribution is -2.31. The van der Waals surface area contributed by atoms with Crippen molar-refractivity contribution in [3.05, 3.63) is 65.0 Å². The molecule has 0 aromatic heterocycles. The van der Waals surface area contributed by atoms with Crippen LogP contribution in [0.2, 0.25) is 0 Å². The molecule has 1 heterocycles. The number of nitrogens with zero attached hydrogens (tertiary/aromatic N) is 1. The molecule has 0 saturated carbocycles. The summed E-state index contributed by atoms with van der Waals surface area (Å²) in [6.07, 6.45) is 1.02. The Morgan fingerprint density at radius 1 is 1.10 bits per heavy atom. The van der Waals surface area contributed by atoms with Crippen molar-refractivity contribution in [2.45, 2.75) is 26.4 Å². The van der Waals surface area contributed by atoms with E-state index in [2.05, 4.69) is 34.5 Å². The predicted octanol–water partition coefficient (Wildman–Crippen LogP) is 3.50. The summed E-state index contributed by atoms with van der Waals surface area (Å²) in [6, 6.07) is 13.9. The van der Waals surface area contributed by atoms with Gasteiger partial charge < -0.3 is 10.2 Å². The van der Waals surface area contributed by atoms with Gasteiger partial charge in [-0.15, -0.1) is 0 Å². The van der Waals surface area contributed by atoms with E-state index in [0.717, 1.165) is 37.3 Å². The zero-order valence-electron chi connectivity index (χ0n) is 12.4. The highest BCUT2D eigenvalue weighted by molar-refractivity contribution is 5.56. The average Bonchev–Trinajstić information content (AvgIpc) is 2.53. The molecule has 2 nitrogen and oxygen atoms in total. The molecule has 2 aromatic carbocycles.